The van der Waals surface area contributed by atoms with Gasteiger partial charge >= 0.3 is 5.97 Å². The molecule has 0 atom stereocenters. The van der Waals surface area contributed by atoms with Crippen molar-refractivity contribution in [1.82, 2.24) is 4.31 Å². The minimum absolute atomic E-state index is 0.0254. The van der Waals surface area contributed by atoms with Crippen molar-refractivity contribution in [1.29, 1.82) is 0 Å². The number of hydrogen-bond donors (Lipinski definition) is 0. The van der Waals surface area contributed by atoms with Gasteiger partial charge in [-0.2, -0.15) is 0 Å². The second kappa shape index (κ2) is 8.85. The van der Waals surface area contributed by atoms with Gasteiger partial charge in [0, 0.05) is 20.2 Å². The number of benzene rings is 2. The van der Waals surface area contributed by atoms with Gasteiger partial charge in [0.25, 0.3) is 0 Å². The molecule has 0 unspecified atom stereocenters. The number of nitrogens with zero attached hydrogens (tertiary/aromatic N) is 1. The molecule has 0 heterocycles. The summed E-state index contributed by atoms with van der Waals surface area (Å²) >= 11 is 0. The predicted molar refractivity (Wildman–Crippen MR) is 101 cm³/mol. The zero-order valence-corrected chi connectivity index (χ0v) is 16.8. The van der Waals surface area contributed by atoms with Gasteiger partial charge < -0.3 is 14.2 Å². The summed E-state index contributed by atoms with van der Waals surface area (Å²) in [6, 6.07) is 10.1. The molecule has 0 N–H and O–H groups in total. The molecule has 0 spiro atoms. The van der Waals surface area contributed by atoms with Crippen LogP contribution in [0.5, 0.6) is 11.5 Å². The molecule has 0 aliphatic rings. The third kappa shape index (κ3) is 4.68. The number of sulfonamides is 1. The van der Waals surface area contributed by atoms with Crippen molar-refractivity contribution in [2.45, 2.75) is 4.90 Å². The first-order valence-corrected chi connectivity index (χ1v) is 9.59. The van der Waals surface area contributed by atoms with Gasteiger partial charge in [-0.25, -0.2) is 17.5 Å². The maximum Gasteiger partial charge on any atom is 0.338 e. The first kappa shape index (κ1) is 21.4. The summed E-state index contributed by atoms with van der Waals surface area (Å²) in [7, 11) is 1.99. The van der Waals surface area contributed by atoms with E-state index in [1.807, 2.05) is 0 Å². The summed E-state index contributed by atoms with van der Waals surface area (Å²) in [5.74, 6) is -0.467. The molecule has 0 fully saturated rings. The van der Waals surface area contributed by atoms with E-state index < -0.39 is 28.4 Å². The molecule has 0 bridgehead atoms. The third-order valence-electron chi connectivity index (χ3n) is 3.89. The van der Waals surface area contributed by atoms with E-state index in [9.17, 15) is 18.0 Å². The van der Waals surface area contributed by atoms with E-state index >= 15 is 0 Å². The Hall–Kier alpha value is -2.91. The Labute approximate surface area is 163 Å². The smallest absolute Gasteiger partial charge is 0.338 e. The van der Waals surface area contributed by atoms with Gasteiger partial charge in [0.15, 0.2) is 6.61 Å². The van der Waals surface area contributed by atoms with Crippen LogP contribution in [-0.4, -0.2) is 59.4 Å². The van der Waals surface area contributed by atoms with Crippen LogP contribution in [-0.2, 0) is 14.8 Å². The molecule has 2 aromatic carbocycles. The number of hydrogen-bond acceptors (Lipinski definition) is 7. The van der Waals surface area contributed by atoms with Gasteiger partial charge in [-0.05, 0) is 30.3 Å². The highest BCUT2D eigenvalue weighted by molar-refractivity contribution is 7.89. The number of carbonyl (C=O) groups excluding carboxylic acids is 2. The first-order valence-electron chi connectivity index (χ1n) is 8.15. The second-order valence-corrected chi connectivity index (χ2v) is 8.03. The lowest BCUT2D eigenvalue weighted by Crippen LogP contribution is -2.22. The Morgan fingerprint density at radius 2 is 1.71 bits per heavy atom. The number of methoxy groups -OCH3 is 2. The quantitative estimate of drug-likeness (QED) is 0.487. The van der Waals surface area contributed by atoms with E-state index in [-0.39, 0.29) is 16.0 Å². The molecule has 0 aromatic heterocycles. The van der Waals surface area contributed by atoms with E-state index in [2.05, 4.69) is 0 Å². The molecule has 9 heteroatoms. The number of carbonyl (C=O) groups is 2. The zero-order valence-electron chi connectivity index (χ0n) is 16.0. The highest BCUT2D eigenvalue weighted by Gasteiger charge is 2.20. The fraction of sp³-hybridized carbons (Fsp3) is 0.263. The Kier molecular flexibility index (Phi) is 6.76. The van der Waals surface area contributed by atoms with Crippen LogP contribution in [0, 0.1) is 0 Å². The molecular formula is C19H21NO7S. The average Bonchev–Trinajstić information content (AvgIpc) is 2.71. The Bertz CT molecular complexity index is 984. The van der Waals surface area contributed by atoms with Crippen LogP contribution in [0.3, 0.4) is 0 Å². The molecule has 150 valence electrons. The summed E-state index contributed by atoms with van der Waals surface area (Å²) in [5.41, 5.74) is 0.262. The minimum Gasteiger partial charge on any atom is -0.497 e. The summed E-state index contributed by atoms with van der Waals surface area (Å²) in [6.07, 6.45) is 0. The lowest BCUT2D eigenvalue weighted by molar-refractivity contribution is 0.0473. The normalized spacial score (nSPS) is 11.2. The summed E-state index contributed by atoms with van der Waals surface area (Å²) in [6.45, 7) is -0.522. The lowest BCUT2D eigenvalue weighted by Gasteiger charge is -2.12. The molecular weight excluding hydrogens is 386 g/mol. The summed E-state index contributed by atoms with van der Waals surface area (Å²) in [4.78, 5) is 24.6. The van der Waals surface area contributed by atoms with E-state index in [0.29, 0.717) is 11.5 Å². The zero-order chi connectivity index (χ0) is 20.9. The fourth-order valence-electron chi connectivity index (χ4n) is 2.32. The van der Waals surface area contributed by atoms with Crippen LogP contribution in [0.1, 0.15) is 20.7 Å². The van der Waals surface area contributed by atoms with E-state index in [4.69, 9.17) is 14.2 Å². The monoisotopic (exact) mass is 407 g/mol. The molecule has 0 radical (unpaired) electrons. The summed E-state index contributed by atoms with van der Waals surface area (Å²) < 4.78 is 40.7. The van der Waals surface area contributed by atoms with Crippen molar-refractivity contribution in [3.8, 4) is 11.5 Å². The van der Waals surface area contributed by atoms with Crippen LogP contribution in [0.4, 0.5) is 0 Å². The van der Waals surface area contributed by atoms with Crippen molar-refractivity contribution in [2.24, 2.45) is 0 Å². The largest absolute Gasteiger partial charge is 0.497 e. The number of rotatable bonds is 8. The van der Waals surface area contributed by atoms with Crippen LogP contribution in [0.15, 0.2) is 47.4 Å². The SMILES string of the molecule is COc1ccc(C(=O)COC(=O)c2cccc(S(=O)(=O)N(C)C)c2)c(OC)c1. The van der Waals surface area contributed by atoms with Crippen molar-refractivity contribution >= 4 is 21.8 Å². The maximum absolute atomic E-state index is 12.4. The van der Waals surface area contributed by atoms with Gasteiger partial charge in [0.05, 0.1) is 30.2 Å². The Morgan fingerprint density at radius 1 is 1.00 bits per heavy atom. The number of Topliss-reactive ketones (excluding diaryl/α,β-unsaturated/α-hetero) is 1. The molecule has 0 saturated carbocycles. The van der Waals surface area contributed by atoms with Crippen LogP contribution in [0.25, 0.3) is 0 Å². The van der Waals surface area contributed by atoms with Gasteiger partial charge in [0.2, 0.25) is 15.8 Å². The highest BCUT2D eigenvalue weighted by atomic mass is 32.2. The van der Waals surface area contributed by atoms with Crippen LogP contribution in [0.2, 0.25) is 0 Å². The van der Waals surface area contributed by atoms with Crippen molar-refractivity contribution < 1.29 is 32.2 Å². The third-order valence-corrected chi connectivity index (χ3v) is 5.70. The topological polar surface area (TPSA) is 99.2 Å². The van der Waals surface area contributed by atoms with Crippen molar-refractivity contribution in [3.63, 3.8) is 0 Å². The van der Waals surface area contributed by atoms with E-state index in [1.165, 1.54) is 58.6 Å². The van der Waals surface area contributed by atoms with E-state index in [1.54, 1.807) is 12.1 Å². The predicted octanol–water partition coefficient (Wildman–Crippen LogP) is 1.99. The van der Waals surface area contributed by atoms with Gasteiger partial charge in [0.1, 0.15) is 11.5 Å². The van der Waals surface area contributed by atoms with Crippen molar-refractivity contribution in [2.75, 3.05) is 34.9 Å². The molecule has 0 aliphatic carbocycles. The molecule has 0 aliphatic heterocycles. The average molecular weight is 407 g/mol. The molecule has 0 saturated heterocycles. The highest BCUT2D eigenvalue weighted by Crippen LogP contribution is 2.25. The molecule has 28 heavy (non-hydrogen) atoms. The lowest BCUT2D eigenvalue weighted by atomic mass is 10.1. The first-order chi connectivity index (χ1) is 13.2. The Morgan fingerprint density at radius 3 is 2.32 bits per heavy atom. The minimum atomic E-state index is -3.69. The van der Waals surface area contributed by atoms with Gasteiger partial charge in [-0.1, -0.05) is 6.07 Å². The molecule has 8 nitrogen and oxygen atoms in total. The maximum atomic E-state index is 12.4. The van der Waals surface area contributed by atoms with E-state index in [0.717, 1.165) is 4.31 Å². The fourth-order valence-corrected chi connectivity index (χ4v) is 3.26. The summed E-state index contributed by atoms with van der Waals surface area (Å²) in [5, 5.41) is 0. The number of ketones is 1. The standard InChI is InChI=1S/C19H21NO7S/c1-20(2)28(23,24)15-7-5-6-13(10-15)19(22)27-12-17(21)16-9-8-14(25-3)11-18(16)26-4/h5-11H,12H2,1-4H3. The molecule has 0 amide bonds. The molecule has 2 aromatic rings. The van der Waals surface area contributed by atoms with Crippen LogP contribution >= 0.6 is 0 Å². The number of esters is 1. The van der Waals surface area contributed by atoms with Crippen molar-refractivity contribution in [3.05, 3.63) is 53.6 Å². The Balaban J connectivity index is 2.14. The van der Waals surface area contributed by atoms with Gasteiger partial charge in [-0.3, -0.25) is 4.79 Å². The number of ether oxygens (including phenoxy) is 3. The second-order valence-electron chi connectivity index (χ2n) is 5.88. The van der Waals surface area contributed by atoms with Crippen LogP contribution < -0.4 is 9.47 Å². The van der Waals surface area contributed by atoms with Gasteiger partial charge in [-0.15, -0.1) is 0 Å². The molecule has 2 rings (SSSR count).